The van der Waals surface area contributed by atoms with Gasteiger partial charge >= 0.3 is 0 Å². The van der Waals surface area contributed by atoms with Crippen LogP contribution in [-0.2, 0) is 6.54 Å². The Morgan fingerprint density at radius 3 is 2.37 bits per heavy atom. The molecular weight excluding hydrogens is 238 g/mol. The number of ether oxygens (including phenoxy) is 2. The van der Waals surface area contributed by atoms with Crippen molar-refractivity contribution in [3.63, 3.8) is 0 Å². The van der Waals surface area contributed by atoms with Crippen LogP contribution >= 0.6 is 0 Å². The van der Waals surface area contributed by atoms with Crippen LogP contribution < -0.4 is 15.2 Å². The lowest BCUT2D eigenvalue weighted by atomic mass is 9.97. The molecule has 2 N–H and O–H groups in total. The third-order valence-corrected chi connectivity index (χ3v) is 3.24. The van der Waals surface area contributed by atoms with E-state index in [0.29, 0.717) is 6.54 Å². The Morgan fingerprint density at radius 2 is 1.79 bits per heavy atom. The lowest BCUT2D eigenvalue weighted by Crippen LogP contribution is -2.00. The van der Waals surface area contributed by atoms with Gasteiger partial charge in [0.1, 0.15) is 11.5 Å². The second kappa shape index (κ2) is 5.76. The van der Waals surface area contributed by atoms with Crippen LogP contribution in [0.3, 0.4) is 0 Å². The highest BCUT2D eigenvalue weighted by Crippen LogP contribution is 2.30. The van der Waals surface area contributed by atoms with Crippen LogP contribution in [0.4, 0.5) is 0 Å². The summed E-state index contributed by atoms with van der Waals surface area (Å²) in [6.07, 6.45) is 0. The van der Waals surface area contributed by atoms with Gasteiger partial charge in [0, 0.05) is 6.54 Å². The number of hydrogen-bond donors (Lipinski definition) is 1. The van der Waals surface area contributed by atoms with Crippen molar-refractivity contribution < 1.29 is 9.47 Å². The molecule has 0 radical (unpaired) electrons. The predicted octanol–water partition coefficient (Wildman–Crippen LogP) is 3.14. The average Bonchev–Trinajstić information content (AvgIpc) is 2.46. The van der Waals surface area contributed by atoms with Gasteiger partial charge in [-0.15, -0.1) is 0 Å². The van der Waals surface area contributed by atoms with E-state index in [1.807, 2.05) is 37.3 Å². The highest BCUT2D eigenvalue weighted by Gasteiger charge is 2.07. The first-order chi connectivity index (χ1) is 9.19. The van der Waals surface area contributed by atoms with Crippen LogP contribution in [0.15, 0.2) is 36.4 Å². The van der Waals surface area contributed by atoms with E-state index in [9.17, 15) is 0 Å². The van der Waals surface area contributed by atoms with E-state index < -0.39 is 0 Å². The molecule has 0 unspecified atom stereocenters. The SMILES string of the molecule is COc1ccc(-c2ccc(OC)c(C)c2)c(CN)c1. The van der Waals surface area contributed by atoms with Crippen molar-refractivity contribution in [1.29, 1.82) is 0 Å². The van der Waals surface area contributed by atoms with Gasteiger partial charge in [-0.3, -0.25) is 0 Å². The van der Waals surface area contributed by atoms with Crippen molar-refractivity contribution in [3.8, 4) is 22.6 Å². The Kier molecular flexibility index (Phi) is 4.07. The van der Waals surface area contributed by atoms with E-state index in [4.69, 9.17) is 15.2 Å². The summed E-state index contributed by atoms with van der Waals surface area (Å²) in [5.41, 5.74) is 10.3. The molecule has 0 heterocycles. The molecule has 19 heavy (non-hydrogen) atoms. The van der Waals surface area contributed by atoms with Crippen molar-refractivity contribution in [2.45, 2.75) is 13.5 Å². The lowest BCUT2D eigenvalue weighted by molar-refractivity contribution is 0.411. The third-order valence-electron chi connectivity index (χ3n) is 3.24. The minimum absolute atomic E-state index is 0.484. The molecule has 2 aromatic carbocycles. The van der Waals surface area contributed by atoms with Crippen LogP contribution in [0.2, 0.25) is 0 Å². The van der Waals surface area contributed by atoms with E-state index in [1.165, 1.54) is 0 Å². The maximum Gasteiger partial charge on any atom is 0.121 e. The standard InChI is InChI=1S/C16H19NO2/c1-11-8-12(4-7-16(11)19-3)15-6-5-14(18-2)9-13(15)10-17/h4-9H,10,17H2,1-3H3. The first-order valence-electron chi connectivity index (χ1n) is 6.21. The summed E-state index contributed by atoms with van der Waals surface area (Å²) in [6.45, 7) is 2.52. The molecular formula is C16H19NO2. The van der Waals surface area contributed by atoms with Crippen LogP contribution in [0.5, 0.6) is 11.5 Å². The van der Waals surface area contributed by atoms with Crippen molar-refractivity contribution in [3.05, 3.63) is 47.5 Å². The number of nitrogens with two attached hydrogens (primary N) is 1. The van der Waals surface area contributed by atoms with Gasteiger partial charge in [0.05, 0.1) is 14.2 Å². The summed E-state index contributed by atoms with van der Waals surface area (Å²) < 4.78 is 10.5. The minimum atomic E-state index is 0.484. The van der Waals surface area contributed by atoms with Gasteiger partial charge < -0.3 is 15.2 Å². The Hall–Kier alpha value is -2.00. The zero-order valence-corrected chi connectivity index (χ0v) is 11.6. The molecule has 100 valence electrons. The monoisotopic (exact) mass is 257 g/mol. The second-order valence-electron chi connectivity index (χ2n) is 4.41. The molecule has 0 saturated heterocycles. The molecule has 0 fully saturated rings. The normalized spacial score (nSPS) is 10.3. The van der Waals surface area contributed by atoms with Gasteiger partial charge in [0.15, 0.2) is 0 Å². The molecule has 0 atom stereocenters. The first kappa shape index (κ1) is 13.4. The zero-order chi connectivity index (χ0) is 13.8. The van der Waals surface area contributed by atoms with Gasteiger partial charge in [0.2, 0.25) is 0 Å². The fraction of sp³-hybridized carbons (Fsp3) is 0.250. The van der Waals surface area contributed by atoms with Crippen molar-refractivity contribution in [2.24, 2.45) is 5.73 Å². The van der Waals surface area contributed by atoms with Crippen molar-refractivity contribution in [1.82, 2.24) is 0 Å². The highest BCUT2D eigenvalue weighted by molar-refractivity contribution is 5.70. The Labute approximate surface area is 114 Å². The first-order valence-corrected chi connectivity index (χ1v) is 6.21. The quantitative estimate of drug-likeness (QED) is 0.915. The summed E-state index contributed by atoms with van der Waals surface area (Å²) in [4.78, 5) is 0. The predicted molar refractivity (Wildman–Crippen MR) is 77.6 cm³/mol. The third kappa shape index (κ3) is 2.71. The molecule has 0 aromatic heterocycles. The highest BCUT2D eigenvalue weighted by atomic mass is 16.5. The Balaban J connectivity index is 2.49. The average molecular weight is 257 g/mol. The number of hydrogen-bond acceptors (Lipinski definition) is 3. The van der Waals surface area contributed by atoms with Gasteiger partial charge in [0.25, 0.3) is 0 Å². The van der Waals surface area contributed by atoms with Gasteiger partial charge in [-0.1, -0.05) is 12.1 Å². The molecule has 0 bridgehead atoms. The van der Waals surface area contributed by atoms with Crippen LogP contribution in [0.25, 0.3) is 11.1 Å². The van der Waals surface area contributed by atoms with E-state index >= 15 is 0 Å². The Bertz CT molecular complexity index is 579. The summed E-state index contributed by atoms with van der Waals surface area (Å²) in [5.74, 6) is 1.72. The van der Waals surface area contributed by atoms with E-state index in [-0.39, 0.29) is 0 Å². The maximum atomic E-state index is 5.83. The second-order valence-corrected chi connectivity index (χ2v) is 4.41. The molecule has 2 rings (SSSR count). The molecule has 3 nitrogen and oxygen atoms in total. The fourth-order valence-corrected chi connectivity index (χ4v) is 2.19. The van der Waals surface area contributed by atoms with Gasteiger partial charge in [-0.05, 0) is 53.4 Å². The summed E-state index contributed by atoms with van der Waals surface area (Å²) in [5, 5.41) is 0. The molecule has 0 aliphatic heterocycles. The van der Waals surface area contributed by atoms with Crippen molar-refractivity contribution >= 4 is 0 Å². The topological polar surface area (TPSA) is 44.5 Å². The van der Waals surface area contributed by atoms with Crippen molar-refractivity contribution in [2.75, 3.05) is 14.2 Å². The molecule has 2 aromatic rings. The molecule has 0 aliphatic rings. The minimum Gasteiger partial charge on any atom is -0.497 e. The van der Waals surface area contributed by atoms with Crippen LogP contribution in [0, 0.1) is 6.92 Å². The maximum absolute atomic E-state index is 5.83. The molecule has 0 aliphatic carbocycles. The number of methoxy groups -OCH3 is 2. The van der Waals surface area contributed by atoms with Gasteiger partial charge in [-0.2, -0.15) is 0 Å². The number of aryl methyl sites for hydroxylation is 1. The van der Waals surface area contributed by atoms with Crippen LogP contribution in [-0.4, -0.2) is 14.2 Å². The zero-order valence-electron chi connectivity index (χ0n) is 11.6. The summed E-state index contributed by atoms with van der Waals surface area (Å²) in [7, 11) is 3.34. The smallest absolute Gasteiger partial charge is 0.121 e. The van der Waals surface area contributed by atoms with Gasteiger partial charge in [-0.25, -0.2) is 0 Å². The fourth-order valence-electron chi connectivity index (χ4n) is 2.19. The largest absolute Gasteiger partial charge is 0.497 e. The lowest BCUT2D eigenvalue weighted by Gasteiger charge is -2.12. The molecule has 3 heteroatoms. The molecule has 0 spiro atoms. The van der Waals surface area contributed by atoms with E-state index in [0.717, 1.165) is 33.8 Å². The van der Waals surface area contributed by atoms with E-state index in [2.05, 4.69) is 6.07 Å². The van der Waals surface area contributed by atoms with E-state index in [1.54, 1.807) is 14.2 Å². The molecule has 0 amide bonds. The summed E-state index contributed by atoms with van der Waals surface area (Å²) >= 11 is 0. The Morgan fingerprint density at radius 1 is 1.00 bits per heavy atom. The van der Waals surface area contributed by atoms with Crippen LogP contribution in [0.1, 0.15) is 11.1 Å². The summed E-state index contributed by atoms with van der Waals surface area (Å²) in [6, 6.07) is 12.1. The number of benzene rings is 2. The molecule has 0 saturated carbocycles. The number of rotatable bonds is 4.